The molecular weight excluding hydrogens is 260 g/mol. The molecule has 0 fully saturated rings. The van der Waals surface area contributed by atoms with Gasteiger partial charge in [-0.25, -0.2) is 0 Å². The van der Waals surface area contributed by atoms with Crippen LogP contribution in [0.5, 0.6) is 0 Å². The summed E-state index contributed by atoms with van der Waals surface area (Å²) < 4.78 is 28.9. The van der Waals surface area contributed by atoms with Crippen LogP contribution in [0.2, 0.25) is 0 Å². The average molecular weight is 274 g/mol. The molecule has 0 bridgehead atoms. The molecule has 0 amide bonds. The highest BCUT2D eigenvalue weighted by Gasteiger charge is 2.14. The Labute approximate surface area is 97.0 Å². The number of rotatable bonds is 3. The fourth-order valence-corrected chi connectivity index (χ4v) is 4.15. The summed E-state index contributed by atoms with van der Waals surface area (Å²) in [6.07, 6.45) is 1.31. The SMILES string of the molecule is C1=CSSS1.CCCC(C)S(=O)(=O)O. The van der Waals surface area contributed by atoms with E-state index in [4.69, 9.17) is 4.55 Å². The second-order valence-corrected chi connectivity index (χ2v) is 8.33. The maximum Gasteiger partial charge on any atom is 0.267 e. The summed E-state index contributed by atoms with van der Waals surface area (Å²) in [5.41, 5.74) is 0. The third-order valence-corrected chi connectivity index (χ3v) is 6.08. The Morgan fingerprint density at radius 2 is 1.86 bits per heavy atom. The van der Waals surface area contributed by atoms with Gasteiger partial charge in [0.05, 0.1) is 5.25 Å². The summed E-state index contributed by atoms with van der Waals surface area (Å²) in [6.45, 7) is 3.38. The number of hydrogen-bond donors (Lipinski definition) is 1. The topological polar surface area (TPSA) is 54.4 Å². The molecular formula is C7H14O3S4. The van der Waals surface area contributed by atoms with Crippen LogP contribution in [-0.4, -0.2) is 18.2 Å². The first-order chi connectivity index (χ1) is 6.48. The van der Waals surface area contributed by atoms with Crippen LogP contribution in [0, 0.1) is 0 Å². The van der Waals surface area contributed by atoms with Crippen LogP contribution in [0.1, 0.15) is 26.7 Å². The largest absolute Gasteiger partial charge is 0.285 e. The van der Waals surface area contributed by atoms with E-state index in [0.29, 0.717) is 6.42 Å². The predicted octanol–water partition coefficient (Wildman–Crippen LogP) is 3.56. The van der Waals surface area contributed by atoms with Crippen molar-refractivity contribution >= 4 is 41.5 Å². The molecule has 1 N–H and O–H groups in total. The van der Waals surface area contributed by atoms with E-state index < -0.39 is 15.4 Å². The lowest BCUT2D eigenvalue weighted by Gasteiger charge is -2.03. The van der Waals surface area contributed by atoms with Gasteiger partial charge in [-0.15, -0.1) is 0 Å². The molecule has 7 heteroatoms. The molecule has 0 aromatic carbocycles. The lowest BCUT2D eigenvalue weighted by Crippen LogP contribution is -2.15. The van der Waals surface area contributed by atoms with E-state index in [1.165, 1.54) is 6.92 Å². The molecule has 3 nitrogen and oxygen atoms in total. The van der Waals surface area contributed by atoms with Gasteiger partial charge in [0, 0.05) is 0 Å². The van der Waals surface area contributed by atoms with Crippen molar-refractivity contribution in [1.82, 2.24) is 0 Å². The molecule has 1 aliphatic rings. The molecule has 0 aliphatic carbocycles. The highest BCUT2D eigenvalue weighted by atomic mass is 33.5. The van der Waals surface area contributed by atoms with Gasteiger partial charge in [-0.3, -0.25) is 4.55 Å². The first kappa shape index (κ1) is 14.7. The van der Waals surface area contributed by atoms with Crippen LogP contribution in [0.25, 0.3) is 0 Å². The fraction of sp³-hybridized carbons (Fsp3) is 0.714. The van der Waals surface area contributed by atoms with Gasteiger partial charge in [-0.1, -0.05) is 34.9 Å². The average Bonchev–Trinajstić information content (AvgIpc) is 2.59. The first-order valence-electron chi connectivity index (χ1n) is 4.08. The molecule has 1 heterocycles. The summed E-state index contributed by atoms with van der Waals surface area (Å²) in [6, 6.07) is 0. The maximum absolute atomic E-state index is 10.3. The van der Waals surface area contributed by atoms with Crippen molar-refractivity contribution in [3.05, 3.63) is 10.8 Å². The molecule has 1 aliphatic heterocycles. The van der Waals surface area contributed by atoms with Gasteiger partial charge >= 0.3 is 0 Å². The molecule has 0 radical (unpaired) electrons. The summed E-state index contributed by atoms with van der Waals surface area (Å²) in [4.78, 5) is 0. The minimum atomic E-state index is -3.76. The predicted molar refractivity (Wildman–Crippen MR) is 67.8 cm³/mol. The lowest BCUT2D eigenvalue weighted by atomic mass is 10.3. The fourth-order valence-electron chi connectivity index (χ4n) is 0.669. The van der Waals surface area contributed by atoms with E-state index in [1.54, 1.807) is 31.4 Å². The van der Waals surface area contributed by atoms with Crippen LogP contribution < -0.4 is 0 Å². The van der Waals surface area contributed by atoms with Gasteiger partial charge in [0.2, 0.25) is 0 Å². The maximum atomic E-state index is 10.3. The van der Waals surface area contributed by atoms with E-state index >= 15 is 0 Å². The van der Waals surface area contributed by atoms with E-state index in [-0.39, 0.29) is 0 Å². The summed E-state index contributed by atoms with van der Waals surface area (Å²) in [5.74, 6) is 0. The molecule has 0 saturated heterocycles. The van der Waals surface area contributed by atoms with Crippen molar-refractivity contribution in [2.45, 2.75) is 31.9 Å². The van der Waals surface area contributed by atoms with Gasteiger partial charge in [-0.2, -0.15) is 8.42 Å². The Hall–Kier alpha value is 0.700. The summed E-state index contributed by atoms with van der Waals surface area (Å²) in [5, 5.41) is 3.55. The highest BCUT2D eigenvalue weighted by Crippen LogP contribution is 2.42. The normalized spacial score (nSPS) is 17.4. The van der Waals surface area contributed by atoms with Crippen molar-refractivity contribution in [3.63, 3.8) is 0 Å². The van der Waals surface area contributed by atoms with Crippen LogP contribution in [0.3, 0.4) is 0 Å². The molecule has 1 atom stereocenters. The van der Waals surface area contributed by atoms with Crippen LogP contribution in [0.4, 0.5) is 0 Å². The van der Waals surface area contributed by atoms with Crippen molar-refractivity contribution in [1.29, 1.82) is 0 Å². The Morgan fingerprint density at radius 1 is 1.36 bits per heavy atom. The molecule has 0 spiro atoms. The summed E-state index contributed by atoms with van der Waals surface area (Å²) in [7, 11) is 1.58. The molecule has 0 aromatic heterocycles. The third kappa shape index (κ3) is 8.05. The van der Waals surface area contributed by atoms with Crippen molar-refractivity contribution < 1.29 is 13.0 Å². The molecule has 1 unspecified atom stereocenters. The third-order valence-electron chi connectivity index (χ3n) is 1.45. The van der Waals surface area contributed by atoms with Gasteiger partial charge in [0.15, 0.2) is 0 Å². The monoisotopic (exact) mass is 274 g/mol. The van der Waals surface area contributed by atoms with Gasteiger partial charge in [-0.05, 0) is 34.0 Å². The minimum Gasteiger partial charge on any atom is -0.285 e. The van der Waals surface area contributed by atoms with Crippen LogP contribution in [-0.2, 0) is 10.1 Å². The zero-order valence-corrected chi connectivity index (χ0v) is 11.3. The molecule has 84 valence electrons. The second-order valence-electron chi connectivity index (χ2n) is 2.65. The van der Waals surface area contributed by atoms with Crippen LogP contribution >= 0.6 is 31.4 Å². The lowest BCUT2D eigenvalue weighted by molar-refractivity contribution is 0.465. The first-order valence-corrected chi connectivity index (χ1v) is 9.20. The summed E-state index contributed by atoms with van der Waals surface area (Å²) >= 11 is 0. The van der Waals surface area contributed by atoms with E-state index in [2.05, 4.69) is 10.8 Å². The number of hydrogen-bond acceptors (Lipinski definition) is 5. The van der Waals surface area contributed by atoms with Crippen molar-refractivity contribution in [3.8, 4) is 0 Å². The quantitative estimate of drug-likeness (QED) is 0.627. The van der Waals surface area contributed by atoms with E-state index in [1.807, 2.05) is 6.92 Å². The second kappa shape index (κ2) is 7.92. The zero-order chi connectivity index (χ0) is 11.0. The molecule has 0 saturated carbocycles. The van der Waals surface area contributed by atoms with Crippen LogP contribution in [0.15, 0.2) is 10.8 Å². The Kier molecular flexibility index (Phi) is 8.32. The standard InChI is InChI=1S/C5H12O3S.C2H2S3/c1-3-4-5(2)9(6,7)8;1-2-4-5-3-1/h5H,3-4H2,1-2H3,(H,6,7,8);1-2H. The highest BCUT2D eigenvalue weighted by molar-refractivity contribution is 9.11. The Bertz CT molecular complexity index is 254. The molecule has 1 rings (SSSR count). The van der Waals surface area contributed by atoms with E-state index in [9.17, 15) is 8.42 Å². The zero-order valence-electron chi connectivity index (χ0n) is 8.04. The van der Waals surface area contributed by atoms with Gasteiger partial charge in [0.1, 0.15) is 0 Å². The van der Waals surface area contributed by atoms with Crippen molar-refractivity contribution in [2.24, 2.45) is 0 Å². The van der Waals surface area contributed by atoms with Gasteiger partial charge in [0.25, 0.3) is 10.1 Å². The smallest absolute Gasteiger partial charge is 0.267 e. The molecule has 0 aromatic rings. The Balaban J connectivity index is 0.000000280. The van der Waals surface area contributed by atoms with Gasteiger partial charge < -0.3 is 0 Å². The van der Waals surface area contributed by atoms with Crippen molar-refractivity contribution in [2.75, 3.05) is 0 Å². The van der Waals surface area contributed by atoms with E-state index in [0.717, 1.165) is 6.42 Å². The Morgan fingerprint density at radius 3 is 2.00 bits per heavy atom. The minimum absolute atomic E-state index is 0.527. The molecule has 14 heavy (non-hydrogen) atoms.